The molecule has 0 saturated heterocycles. The minimum absolute atomic E-state index is 0.835. The van der Waals surface area contributed by atoms with E-state index >= 15 is 0 Å². The van der Waals surface area contributed by atoms with Crippen molar-refractivity contribution in [3.8, 4) is 22.6 Å². The molecule has 0 aliphatic rings. The Hall–Kier alpha value is -2.00. The van der Waals surface area contributed by atoms with E-state index in [1.54, 1.807) is 14.2 Å². The number of ether oxygens (including phenoxy) is 2. The first kappa shape index (κ1) is 15.4. The predicted octanol–water partition coefficient (Wildman–Crippen LogP) is 3.79. The summed E-state index contributed by atoms with van der Waals surface area (Å²) in [6.45, 7) is 6.06. The van der Waals surface area contributed by atoms with Gasteiger partial charge in [0.15, 0.2) is 0 Å². The summed E-state index contributed by atoms with van der Waals surface area (Å²) < 4.78 is 10.8. The van der Waals surface area contributed by atoms with E-state index in [-0.39, 0.29) is 0 Å². The molecule has 2 rings (SSSR count). The summed E-state index contributed by atoms with van der Waals surface area (Å²) in [5, 5.41) is 3.36. The Bertz CT molecular complexity index is 608. The highest BCUT2D eigenvalue weighted by molar-refractivity contribution is 5.75. The molecule has 112 valence electrons. The van der Waals surface area contributed by atoms with E-state index in [1.165, 1.54) is 16.7 Å². The molecule has 3 heteroatoms. The van der Waals surface area contributed by atoms with Gasteiger partial charge in [-0.05, 0) is 54.4 Å². The van der Waals surface area contributed by atoms with Crippen molar-refractivity contribution in [2.45, 2.75) is 20.4 Å². The van der Waals surface area contributed by atoms with Crippen molar-refractivity contribution in [3.05, 3.63) is 47.5 Å². The Balaban J connectivity index is 2.49. The summed E-state index contributed by atoms with van der Waals surface area (Å²) in [4.78, 5) is 0. The second kappa shape index (κ2) is 7.14. The van der Waals surface area contributed by atoms with Gasteiger partial charge in [-0.3, -0.25) is 0 Å². The molecule has 0 bridgehead atoms. The first-order chi connectivity index (χ1) is 10.2. The molecule has 3 nitrogen and oxygen atoms in total. The van der Waals surface area contributed by atoms with E-state index < -0.39 is 0 Å². The molecule has 0 radical (unpaired) electrons. The van der Waals surface area contributed by atoms with Crippen LogP contribution < -0.4 is 14.8 Å². The SMILES string of the molecule is CCNCc1ccc(C)c(-c2cc(OC)ccc2OC)c1. The molecule has 0 aliphatic heterocycles. The third kappa shape index (κ3) is 3.56. The zero-order chi connectivity index (χ0) is 15.2. The van der Waals surface area contributed by atoms with Gasteiger partial charge >= 0.3 is 0 Å². The number of aryl methyl sites for hydroxylation is 1. The first-order valence-electron chi connectivity index (χ1n) is 7.22. The number of methoxy groups -OCH3 is 2. The van der Waals surface area contributed by atoms with Crippen LogP contribution in [0.5, 0.6) is 11.5 Å². The van der Waals surface area contributed by atoms with Gasteiger partial charge in [0.1, 0.15) is 11.5 Å². The van der Waals surface area contributed by atoms with Crippen LogP contribution in [0.15, 0.2) is 36.4 Å². The van der Waals surface area contributed by atoms with Crippen molar-refractivity contribution in [1.29, 1.82) is 0 Å². The van der Waals surface area contributed by atoms with Gasteiger partial charge in [0, 0.05) is 12.1 Å². The van der Waals surface area contributed by atoms with Crippen molar-refractivity contribution in [3.63, 3.8) is 0 Å². The van der Waals surface area contributed by atoms with E-state index in [4.69, 9.17) is 9.47 Å². The fraction of sp³-hybridized carbons (Fsp3) is 0.333. The Morgan fingerprint density at radius 2 is 1.76 bits per heavy atom. The molecule has 21 heavy (non-hydrogen) atoms. The molecule has 0 atom stereocenters. The van der Waals surface area contributed by atoms with E-state index in [9.17, 15) is 0 Å². The Morgan fingerprint density at radius 3 is 2.43 bits per heavy atom. The fourth-order valence-electron chi connectivity index (χ4n) is 2.36. The predicted molar refractivity (Wildman–Crippen MR) is 87.1 cm³/mol. The van der Waals surface area contributed by atoms with Crippen LogP contribution in [0.2, 0.25) is 0 Å². The average molecular weight is 285 g/mol. The van der Waals surface area contributed by atoms with Gasteiger partial charge in [-0.2, -0.15) is 0 Å². The number of hydrogen-bond donors (Lipinski definition) is 1. The maximum Gasteiger partial charge on any atom is 0.126 e. The van der Waals surface area contributed by atoms with Crippen molar-refractivity contribution in [2.75, 3.05) is 20.8 Å². The van der Waals surface area contributed by atoms with Crippen LogP contribution in [-0.2, 0) is 6.54 Å². The molecule has 0 fully saturated rings. The van der Waals surface area contributed by atoms with Crippen LogP contribution in [-0.4, -0.2) is 20.8 Å². The minimum Gasteiger partial charge on any atom is -0.497 e. The Morgan fingerprint density at radius 1 is 0.952 bits per heavy atom. The highest BCUT2D eigenvalue weighted by atomic mass is 16.5. The zero-order valence-corrected chi connectivity index (χ0v) is 13.2. The van der Waals surface area contributed by atoms with E-state index in [0.717, 1.165) is 30.2 Å². The van der Waals surface area contributed by atoms with Crippen molar-refractivity contribution in [1.82, 2.24) is 5.32 Å². The number of nitrogens with one attached hydrogen (secondary N) is 1. The molecule has 0 unspecified atom stereocenters. The molecular formula is C18H23NO2. The Labute approximate surface area is 126 Å². The molecule has 0 spiro atoms. The van der Waals surface area contributed by atoms with Crippen LogP contribution in [0, 0.1) is 6.92 Å². The van der Waals surface area contributed by atoms with Gasteiger partial charge in [-0.15, -0.1) is 0 Å². The van der Waals surface area contributed by atoms with Gasteiger partial charge in [0.05, 0.1) is 14.2 Å². The van der Waals surface area contributed by atoms with Crippen molar-refractivity contribution >= 4 is 0 Å². The first-order valence-corrected chi connectivity index (χ1v) is 7.22. The summed E-state index contributed by atoms with van der Waals surface area (Å²) in [6.07, 6.45) is 0. The minimum atomic E-state index is 0.835. The number of hydrogen-bond acceptors (Lipinski definition) is 3. The second-order valence-corrected chi connectivity index (χ2v) is 5.00. The zero-order valence-electron chi connectivity index (χ0n) is 13.2. The standard InChI is InChI=1S/C18H23NO2/c1-5-19-12-14-7-6-13(2)16(10-14)17-11-15(20-3)8-9-18(17)21-4/h6-11,19H,5,12H2,1-4H3. The van der Waals surface area contributed by atoms with Crippen molar-refractivity contribution < 1.29 is 9.47 Å². The average Bonchev–Trinajstić information content (AvgIpc) is 2.53. The normalized spacial score (nSPS) is 10.5. The van der Waals surface area contributed by atoms with Gasteiger partial charge in [-0.25, -0.2) is 0 Å². The molecular weight excluding hydrogens is 262 g/mol. The molecule has 0 saturated carbocycles. The maximum atomic E-state index is 5.50. The molecule has 0 aromatic heterocycles. The lowest BCUT2D eigenvalue weighted by Crippen LogP contribution is -2.11. The summed E-state index contributed by atoms with van der Waals surface area (Å²) in [6, 6.07) is 12.4. The quantitative estimate of drug-likeness (QED) is 0.876. The highest BCUT2D eigenvalue weighted by Crippen LogP contribution is 2.35. The Kier molecular flexibility index (Phi) is 5.23. The topological polar surface area (TPSA) is 30.5 Å². The van der Waals surface area contributed by atoms with E-state index in [1.807, 2.05) is 18.2 Å². The smallest absolute Gasteiger partial charge is 0.126 e. The summed E-state index contributed by atoms with van der Waals surface area (Å²) in [5.41, 5.74) is 4.73. The lowest BCUT2D eigenvalue weighted by molar-refractivity contribution is 0.404. The van der Waals surface area contributed by atoms with E-state index in [0.29, 0.717) is 0 Å². The molecule has 0 aliphatic carbocycles. The lowest BCUT2D eigenvalue weighted by atomic mass is 9.97. The summed E-state index contributed by atoms with van der Waals surface area (Å²) in [7, 11) is 3.38. The van der Waals surface area contributed by atoms with Crippen LogP contribution in [0.25, 0.3) is 11.1 Å². The van der Waals surface area contributed by atoms with Gasteiger partial charge in [0.2, 0.25) is 0 Å². The van der Waals surface area contributed by atoms with Gasteiger partial charge in [-0.1, -0.05) is 19.1 Å². The van der Waals surface area contributed by atoms with Gasteiger partial charge < -0.3 is 14.8 Å². The van der Waals surface area contributed by atoms with Crippen LogP contribution in [0.3, 0.4) is 0 Å². The molecule has 0 heterocycles. The van der Waals surface area contributed by atoms with Crippen LogP contribution >= 0.6 is 0 Å². The van der Waals surface area contributed by atoms with E-state index in [2.05, 4.69) is 37.4 Å². The van der Waals surface area contributed by atoms with Crippen LogP contribution in [0.4, 0.5) is 0 Å². The third-order valence-corrected chi connectivity index (χ3v) is 3.58. The molecule has 0 amide bonds. The fourth-order valence-corrected chi connectivity index (χ4v) is 2.36. The molecule has 2 aromatic carbocycles. The van der Waals surface area contributed by atoms with Crippen molar-refractivity contribution in [2.24, 2.45) is 0 Å². The van der Waals surface area contributed by atoms with Gasteiger partial charge in [0.25, 0.3) is 0 Å². The largest absolute Gasteiger partial charge is 0.497 e. The highest BCUT2D eigenvalue weighted by Gasteiger charge is 2.11. The summed E-state index contributed by atoms with van der Waals surface area (Å²) in [5.74, 6) is 1.70. The maximum absolute atomic E-state index is 5.50. The lowest BCUT2D eigenvalue weighted by Gasteiger charge is -2.14. The van der Waals surface area contributed by atoms with Crippen LogP contribution in [0.1, 0.15) is 18.1 Å². The second-order valence-electron chi connectivity index (χ2n) is 5.00. The number of benzene rings is 2. The number of rotatable bonds is 6. The molecule has 1 N–H and O–H groups in total. The monoisotopic (exact) mass is 285 g/mol. The molecule has 2 aromatic rings. The third-order valence-electron chi connectivity index (χ3n) is 3.58. The summed E-state index contributed by atoms with van der Waals surface area (Å²) >= 11 is 0.